The van der Waals surface area contributed by atoms with E-state index in [0.29, 0.717) is 12.1 Å². The molecule has 2 aromatic carbocycles. The van der Waals surface area contributed by atoms with Gasteiger partial charge < -0.3 is 10.1 Å². The van der Waals surface area contributed by atoms with Gasteiger partial charge in [-0.3, -0.25) is 4.79 Å². The van der Waals surface area contributed by atoms with E-state index in [1.54, 1.807) is 0 Å². The second-order valence-corrected chi connectivity index (χ2v) is 4.74. The van der Waals surface area contributed by atoms with Crippen LogP contribution in [0.25, 0.3) is 10.8 Å². The molecule has 0 saturated heterocycles. The molecule has 1 amide bonds. The maximum Gasteiger partial charge on any atom is 0.216 e. The quantitative estimate of drug-likeness (QED) is 0.858. The van der Waals surface area contributed by atoms with Crippen LogP contribution >= 0.6 is 15.9 Å². The van der Waals surface area contributed by atoms with Crippen LogP contribution in [0.15, 0.2) is 36.4 Å². The Balaban J connectivity index is 2.26. The van der Waals surface area contributed by atoms with Crippen molar-refractivity contribution < 1.29 is 9.53 Å². The van der Waals surface area contributed by atoms with Crippen LogP contribution in [0.3, 0.4) is 0 Å². The number of ether oxygens (including phenoxy) is 1. The van der Waals surface area contributed by atoms with E-state index in [1.165, 1.54) is 23.3 Å². The number of amides is 1. The molecule has 0 saturated carbocycles. The molecule has 0 aliphatic heterocycles. The largest absolute Gasteiger partial charge is 0.482 e. The van der Waals surface area contributed by atoms with Gasteiger partial charge in [0.1, 0.15) is 11.3 Å². The van der Waals surface area contributed by atoms with Crippen molar-refractivity contribution in [3.05, 3.63) is 42.0 Å². The summed E-state index contributed by atoms with van der Waals surface area (Å²) in [6.45, 7) is 2.18. The molecule has 0 spiro atoms. The molecule has 0 bridgehead atoms. The van der Waals surface area contributed by atoms with Crippen LogP contribution in [0.4, 0.5) is 0 Å². The highest BCUT2D eigenvalue weighted by molar-refractivity contribution is 9.09. The monoisotopic (exact) mass is 321 g/mol. The molecule has 100 valence electrons. The molecule has 0 aliphatic carbocycles. The molecular weight excluding hydrogens is 306 g/mol. The molecule has 0 aliphatic rings. The molecule has 19 heavy (non-hydrogen) atoms. The van der Waals surface area contributed by atoms with Crippen LogP contribution in [0.1, 0.15) is 12.5 Å². The van der Waals surface area contributed by atoms with Crippen molar-refractivity contribution in [1.82, 2.24) is 5.32 Å². The van der Waals surface area contributed by atoms with Gasteiger partial charge in [-0.25, -0.2) is 0 Å². The summed E-state index contributed by atoms with van der Waals surface area (Å²) >= 11 is 3.26. The number of hydrogen-bond donors (Lipinski definition) is 1. The van der Waals surface area contributed by atoms with Gasteiger partial charge in [-0.15, -0.1) is 0 Å². The minimum absolute atomic E-state index is 0.00329. The van der Waals surface area contributed by atoms with Crippen LogP contribution in [0.2, 0.25) is 0 Å². The van der Waals surface area contributed by atoms with E-state index in [-0.39, 0.29) is 5.91 Å². The van der Waals surface area contributed by atoms with Gasteiger partial charge >= 0.3 is 0 Å². The van der Waals surface area contributed by atoms with Crippen molar-refractivity contribution in [2.75, 3.05) is 12.1 Å². The van der Waals surface area contributed by atoms with Crippen LogP contribution < -0.4 is 10.1 Å². The second kappa shape index (κ2) is 6.57. The SMILES string of the molecule is CC(=O)NCCc1cccc2ccc(OCBr)cc12. The normalized spacial score (nSPS) is 10.4. The number of fused-ring (bicyclic) bond motifs is 1. The van der Waals surface area contributed by atoms with Gasteiger partial charge in [0.2, 0.25) is 5.91 Å². The van der Waals surface area contributed by atoms with E-state index >= 15 is 0 Å². The van der Waals surface area contributed by atoms with E-state index in [2.05, 4.69) is 39.4 Å². The van der Waals surface area contributed by atoms with Gasteiger partial charge in [-0.05, 0) is 50.8 Å². The van der Waals surface area contributed by atoms with Gasteiger partial charge in [-0.2, -0.15) is 0 Å². The highest BCUT2D eigenvalue weighted by Gasteiger charge is 2.03. The summed E-state index contributed by atoms with van der Waals surface area (Å²) in [6, 6.07) is 12.3. The third-order valence-corrected chi connectivity index (χ3v) is 3.16. The zero-order chi connectivity index (χ0) is 13.7. The second-order valence-electron chi connectivity index (χ2n) is 4.29. The smallest absolute Gasteiger partial charge is 0.216 e. The van der Waals surface area contributed by atoms with E-state index in [4.69, 9.17) is 4.74 Å². The Kier molecular flexibility index (Phi) is 4.80. The first-order valence-electron chi connectivity index (χ1n) is 6.15. The highest BCUT2D eigenvalue weighted by Crippen LogP contribution is 2.24. The summed E-state index contributed by atoms with van der Waals surface area (Å²) in [5, 5.41) is 5.18. The van der Waals surface area contributed by atoms with E-state index in [1.807, 2.05) is 18.2 Å². The predicted molar refractivity (Wildman–Crippen MR) is 80.8 cm³/mol. The third kappa shape index (κ3) is 3.70. The molecule has 1 N–H and O–H groups in total. The molecule has 2 aromatic rings. The summed E-state index contributed by atoms with van der Waals surface area (Å²) in [5.41, 5.74) is 1.69. The van der Waals surface area contributed by atoms with Crippen LogP contribution in [-0.2, 0) is 11.2 Å². The molecule has 0 unspecified atom stereocenters. The molecule has 2 rings (SSSR count). The standard InChI is InChI=1S/C15H16BrNO2/c1-11(18)17-8-7-13-4-2-3-12-5-6-14(19-10-16)9-15(12)13/h2-6,9H,7-8,10H2,1H3,(H,17,18). The molecule has 0 fully saturated rings. The fourth-order valence-electron chi connectivity index (χ4n) is 2.06. The van der Waals surface area contributed by atoms with Crippen LogP contribution in [0.5, 0.6) is 5.75 Å². The van der Waals surface area contributed by atoms with Crippen molar-refractivity contribution in [3.8, 4) is 5.75 Å². The summed E-state index contributed by atoms with van der Waals surface area (Å²) in [5.74, 6) is 0.847. The molecule has 3 nitrogen and oxygen atoms in total. The topological polar surface area (TPSA) is 38.3 Å². The highest BCUT2D eigenvalue weighted by atomic mass is 79.9. The van der Waals surface area contributed by atoms with Gasteiger partial charge in [-0.1, -0.05) is 24.3 Å². The Morgan fingerprint density at radius 3 is 2.89 bits per heavy atom. The Hall–Kier alpha value is -1.55. The predicted octanol–water partition coefficient (Wildman–Crippen LogP) is 3.25. The lowest BCUT2D eigenvalue weighted by molar-refractivity contribution is -0.118. The van der Waals surface area contributed by atoms with Crippen molar-refractivity contribution >= 4 is 32.6 Å². The molecular formula is C15H16BrNO2. The van der Waals surface area contributed by atoms with Crippen LogP contribution in [-0.4, -0.2) is 18.0 Å². The summed E-state index contributed by atoms with van der Waals surface area (Å²) in [7, 11) is 0. The maximum absolute atomic E-state index is 10.9. The average molecular weight is 322 g/mol. The zero-order valence-electron chi connectivity index (χ0n) is 10.8. The van der Waals surface area contributed by atoms with Gasteiger partial charge in [0.25, 0.3) is 0 Å². The summed E-state index contributed by atoms with van der Waals surface area (Å²) in [6.07, 6.45) is 0.814. The van der Waals surface area contributed by atoms with Gasteiger partial charge in [0, 0.05) is 13.5 Å². The van der Waals surface area contributed by atoms with Gasteiger partial charge in [0.15, 0.2) is 0 Å². The third-order valence-electron chi connectivity index (χ3n) is 2.93. The van der Waals surface area contributed by atoms with E-state index < -0.39 is 0 Å². The lowest BCUT2D eigenvalue weighted by Gasteiger charge is -2.09. The summed E-state index contributed by atoms with van der Waals surface area (Å²) < 4.78 is 5.46. The number of alkyl halides is 1. The van der Waals surface area contributed by atoms with Crippen molar-refractivity contribution in [2.24, 2.45) is 0 Å². The van der Waals surface area contributed by atoms with Crippen molar-refractivity contribution in [3.63, 3.8) is 0 Å². The maximum atomic E-state index is 10.9. The van der Waals surface area contributed by atoms with Gasteiger partial charge in [0.05, 0.1) is 0 Å². The first-order chi connectivity index (χ1) is 9.20. The van der Waals surface area contributed by atoms with Crippen LogP contribution in [0, 0.1) is 0 Å². The first-order valence-corrected chi connectivity index (χ1v) is 7.27. The fraction of sp³-hybridized carbons (Fsp3) is 0.267. The lowest BCUT2D eigenvalue weighted by atomic mass is 10.0. The Morgan fingerprint density at radius 1 is 1.32 bits per heavy atom. The van der Waals surface area contributed by atoms with E-state index in [9.17, 15) is 4.79 Å². The number of halogens is 1. The lowest BCUT2D eigenvalue weighted by Crippen LogP contribution is -2.22. The first kappa shape index (κ1) is 13.9. The molecule has 0 heterocycles. The number of hydrogen-bond acceptors (Lipinski definition) is 2. The zero-order valence-corrected chi connectivity index (χ0v) is 12.4. The summed E-state index contributed by atoms with van der Waals surface area (Å²) in [4.78, 5) is 10.9. The van der Waals surface area contributed by atoms with Crippen molar-refractivity contribution in [2.45, 2.75) is 13.3 Å². The molecule has 4 heteroatoms. The number of carbonyl (C=O) groups excluding carboxylic acids is 1. The van der Waals surface area contributed by atoms with E-state index in [0.717, 1.165) is 12.2 Å². The number of benzene rings is 2. The molecule has 0 aromatic heterocycles. The Morgan fingerprint density at radius 2 is 2.16 bits per heavy atom. The fourth-order valence-corrected chi connectivity index (χ4v) is 2.32. The molecule has 0 radical (unpaired) electrons. The number of nitrogens with one attached hydrogen (secondary N) is 1. The Bertz CT molecular complexity index is 583. The molecule has 0 atom stereocenters. The number of carbonyl (C=O) groups is 1. The minimum Gasteiger partial charge on any atom is -0.482 e. The Labute approximate surface area is 121 Å². The van der Waals surface area contributed by atoms with Crippen molar-refractivity contribution in [1.29, 1.82) is 0 Å². The number of rotatable bonds is 5. The minimum atomic E-state index is 0.00329. The average Bonchev–Trinajstić information content (AvgIpc) is 2.39.